The van der Waals surface area contributed by atoms with Crippen LogP contribution in [-0.2, 0) is 11.3 Å². The molecule has 0 aromatic heterocycles. The molecule has 3 rings (SSSR count). The summed E-state index contributed by atoms with van der Waals surface area (Å²) in [6.45, 7) is 7.01. The van der Waals surface area contributed by atoms with Gasteiger partial charge in [0.25, 0.3) is 0 Å². The zero-order chi connectivity index (χ0) is 15.9. The van der Waals surface area contributed by atoms with Gasteiger partial charge in [-0.1, -0.05) is 18.2 Å². The third-order valence-electron chi connectivity index (χ3n) is 4.00. The molecule has 1 aliphatic heterocycles. The molecule has 0 amide bonds. The molecule has 1 N–H and O–H groups in total. The molecule has 0 spiro atoms. The molecule has 0 bridgehead atoms. The van der Waals surface area contributed by atoms with Gasteiger partial charge in [0.2, 0.25) is 0 Å². The summed E-state index contributed by atoms with van der Waals surface area (Å²) in [5, 5.41) is 3.47. The summed E-state index contributed by atoms with van der Waals surface area (Å²) in [6, 6.07) is 16.8. The van der Waals surface area contributed by atoms with Gasteiger partial charge in [-0.2, -0.15) is 0 Å². The average Bonchev–Trinajstić information content (AvgIpc) is 2.62. The molecule has 1 aliphatic rings. The van der Waals surface area contributed by atoms with E-state index in [2.05, 4.69) is 40.5 Å². The van der Waals surface area contributed by atoms with Crippen molar-refractivity contribution < 1.29 is 9.47 Å². The fraction of sp³-hybridized carbons (Fsp3) is 0.368. The number of ether oxygens (including phenoxy) is 2. The van der Waals surface area contributed by atoms with Crippen molar-refractivity contribution in [1.82, 2.24) is 0 Å². The van der Waals surface area contributed by atoms with E-state index in [4.69, 9.17) is 9.47 Å². The first kappa shape index (κ1) is 15.7. The number of anilines is 2. The lowest BCUT2D eigenvalue weighted by atomic mass is 10.2. The number of benzene rings is 2. The Morgan fingerprint density at radius 1 is 1.04 bits per heavy atom. The van der Waals surface area contributed by atoms with E-state index in [-0.39, 0.29) is 0 Å². The van der Waals surface area contributed by atoms with Crippen LogP contribution in [0.25, 0.3) is 0 Å². The standard InChI is InChI=1S/C19H24N2O2/c1-2-23-19-6-4-3-5-16(19)15-20-17-7-9-18(10-8-17)21-11-13-22-14-12-21/h3-10,20H,2,11-15H2,1H3. The fourth-order valence-electron chi connectivity index (χ4n) is 2.76. The second-order valence-corrected chi connectivity index (χ2v) is 5.54. The monoisotopic (exact) mass is 312 g/mol. The molecule has 2 aromatic carbocycles. The molecule has 23 heavy (non-hydrogen) atoms. The van der Waals surface area contributed by atoms with Crippen molar-refractivity contribution in [2.45, 2.75) is 13.5 Å². The number of nitrogens with one attached hydrogen (secondary N) is 1. The lowest BCUT2D eigenvalue weighted by molar-refractivity contribution is 0.122. The molecule has 1 fully saturated rings. The van der Waals surface area contributed by atoms with Crippen molar-refractivity contribution >= 4 is 11.4 Å². The molecule has 1 heterocycles. The lowest BCUT2D eigenvalue weighted by Gasteiger charge is -2.29. The van der Waals surface area contributed by atoms with Crippen LogP contribution in [0.5, 0.6) is 5.75 Å². The minimum atomic E-state index is 0.686. The third kappa shape index (κ3) is 4.17. The summed E-state index contributed by atoms with van der Waals surface area (Å²) in [4.78, 5) is 2.36. The van der Waals surface area contributed by atoms with E-state index in [1.807, 2.05) is 25.1 Å². The first-order valence-corrected chi connectivity index (χ1v) is 8.24. The van der Waals surface area contributed by atoms with Crippen molar-refractivity contribution in [3.63, 3.8) is 0 Å². The number of nitrogens with zero attached hydrogens (tertiary/aromatic N) is 1. The smallest absolute Gasteiger partial charge is 0.124 e. The van der Waals surface area contributed by atoms with Crippen molar-refractivity contribution in [1.29, 1.82) is 0 Å². The molecule has 0 atom stereocenters. The van der Waals surface area contributed by atoms with Gasteiger partial charge in [0.05, 0.1) is 19.8 Å². The Kier molecular flexibility index (Phi) is 5.37. The summed E-state index contributed by atoms with van der Waals surface area (Å²) in [5.74, 6) is 0.951. The van der Waals surface area contributed by atoms with Crippen LogP contribution < -0.4 is 15.0 Å². The molecule has 0 aliphatic carbocycles. The first-order valence-electron chi connectivity index (χ1n) is 8.24. The molecule has 122 valence electrons. The Hall–Kier alpha value is -2.20. The zero-order valence-electron chi connectivity index (χ0n) is 13.6. The molecular formula is C19H24N2O2. The normalized spacial score (nSPS) is 14.6. The Labute approximate surface area is 138 Å². The number of hydrogen-bond acceptors (Lipinski definition) is 4. The summed E-state index contributed by atoms with van der Waals surface area (Å²) < 4.78 is 11.1. The van der Waals surface area contributed by atoms with Gasteiger partial charge < -0.3 is 19.7 Å². The average molecular weight is 312 g/mol. The van der Waals surface area contributed by atoms with Crippen LogP contribution in [-0.4, -0.2) is 32.9 Å². The SMILES string of the molecule is CCOc1ccccc1CNc1ccc(N2CCOCC2)cc1. The summed E-state index contributed by atoms with van der Waals surface area (Å²) in [7, 11) is 0. The van der Waals surface area contributed by atoms with Gasteiger partial charge in [-0.15, -0.1) is 0 Å². The Bertz CT molecular complexity index is 607. The molecule has 0 saturated carbocycles. The van der Waals surface area contributed by atoms with E-state index in [0.717, 1.165) is 44.3 Å². The van der Waals surface area contributed by atoms with Gasteiger partial charge in [-0.25, -0.2) is 0 Å². The van der Waals surface area contributed by atoms with Gasteiger partial charge in [-0.05, 0) is 37.3 Å². The fourth-order valence-corrected chi connectivity index (χ4v) is 2.76. The molecule has 0 unspecified atom stereocenters. The second-order valence-electron chi connectivity index (χ2n) is 5.54. The molecule has 0 radical (unpaired) electrons. The highest BCUT2D eigenvalue weighted by Crippen LogP contribution is 2.22. The second kappa shape index (κ2) is 7.88. The van der Waals surface area contributed by atoms with Crippen molar-refractivity contribution in [2.75, 3.05) is 43.1 Å². The molecular weight excluding hydrogens is 288 g/mol. The molecule has 1 saturated heterocycles. The topological polar surface area (TPSA) is 33.7 Å². The van der Waals surface area contributed by atoms with E-state index in [1.54, 1.807) is 0 Å². The van der Waals surface area contributed by atoms with Crippen molar-refractivity contribution in [2.24, 2.45) is 0 Å². The highest BCUT2D eigenvalue weighted by Gasteiger charge is 2.10. The minimum absolute atomic E-state index is 0.686. The summed E-state index contributed by atoms with van der Waals surface area (Å²) in [6.07, 6.45) is 0. The highest BCUT2D eigenvalue weighted by atomic mass is 16.5. The lowest BCUT2D eigenvalue weighted by Crippen LogP contribution is -2.36. The maximum absolute atomic E-state index is 5.67. The van der Waals surface area contributed by atoms with Gasteiger partial charge in [0, 0.05) is 36.6 Å². The van der Waals surface area contributed by atoms with E-state index in [1.165, 1.54) is 11.3 Å². The minimum Gasteiger partial charge on any atom is -0.494 e. The zero-order valence-corrected chi connectivity index (χ0v) is 13.6. The van der Waals surface area contributed by atoms with Gasteiger partial charge >= 0.3 is 0 Å². The quantitative estimate of drug-likeness (QED) is 0.884. The van der Waals surface area contributed by atoms with E-state index in [9.17, 15) is 0 Å². The van der Waals surface area contributed by atoms with E-state index < -0.39 is 0 Å². The van der Waals surface area contributed by atoms with Crippen molar-refractivity contribution in [3.05, 3.63) is 54.1 Å². The Balaban J connectivity index is 1.60. The molecule has 4 heteroatoms. The number of para-hydroxylation sites is 1. The van der Waals surface area contributed by atoms with Crippen LogP contribution in [0.3, 0.4) is 0 Å². The Morgan fingerprint density at radius 2 is 1.78 bits per heavy atom. The molecule has 2 aromatic rings. The van der Waals surface area contributed by atoms with E-state index in [0.29, 0.717) is 6.61 Å². The van der Waals surface area contributed by atoms with Gasteiger partial charge in [0.1, 0.15) is 5.75 Å². The number of rotatable bonds is 6. The van der Waals surface area contributed by atoms with Crippen LogP contribution in [0.2, 0.25) is 0 Å². The van der Waals surface area contributed by atoms with Gasteiger partial charge in [0.15, 0.2) is 0 Å². The predicted molar refractivity (Wildman–Crippen MR) is 94.4 cm³/mol. The van der Waals surface area contributed by atoms with Crippen LogP contribution >= 0.6 is 0 Å². The Morgan fingerprint density at radius 3 is 2.52 bits per heavy atom. The third-order valence-corrected chi connectivity index (χ3v) is 4.00. The number of morpholine rings is 1. The van der Waals surface area contributed by atoms with Gasteiger partial charge in [-0.3, -0.25) is 0 Å². The highest BCUT2D eigenvalue weighted by molar-refractivity contribution is 5.55. The number of hydrogen-bond donors (Lipinski definition) is 1. The maximum Gasteiger partial charge on any atom is 0.124 e. The van der Waals surface area contributed by atoms with Crippen LogP contribution in [0.4, 0.5) is 11.4 Å². The van der Waals surface area contributed by atoms with Crippen LogP contribution in [0.15, 0.2) is 48.5 Å². The van der Waals surface area contributed by atoms with Crippen LogP contribution in [0.1, 0.15) is 12.5 Å². The molecule has 4 nitrogen and oxygen atoms in total. The first-order chi connectivity index (χ1) is 11.4. The van der Waals surface area contributed by atoms with E-state index >= 15 is 0 Å². The maximum atomic E-state index is 5.67. The summed E-state index contributed by atoms with van der Waals surface area (Å²) in [5.41, 5.74) is 3.55. The van der Waals surface area contributed by atoms with Crippen LogP contribution in [0, 0.1) is 0 Å². The van der Waals surface area contributed by atoms with Crippen molar-refractivity contribution in [3.8, 4) is 5.75 Å². The summed E-state index contributed by atoms with van der Waals surface area (Å²) >= 11 is 0. The largest absolute Gasteiger partial charge is 0.494 e. The predicted octanol–water partition coefficient (Wildman–Crippen LogP) is 3.53.